The normalized spacial score (nSPS) is 21.2. The smallest absolute Gasteiger partial charge is 0.273 e. The molecule has 1 aromatic carbocycles. The molecule has 0 bridgehead atoms. The average Bonchev–Trinajstić information content (AvgIpc) is 3.41. The van der Waals surface area contributed by atoms with Gasteiger partial charge < -0.3 is 9.47 Å². The van der Waals surface area contributed by atoms with Crippen LogP contribution in [0.1, 0.15) is 33.3 Å². The second-order valence-corrected chi connectivity index (χ2v) is 8.98. The number of hydrogen-bond acceptors (Lipinski definition) is 4. The number of fused-ring (bicyclic) bond motifs is 1. The Morgan fingerprint density at radius 2 is 2.00 bits per heavy atom. The molecule has 1 fully saturated rings. The molecule has 2 aromatic heterocycles. The fraction of sp³-hybridized carbons (Fsp3) is 0.381. The lowest BCUT2D eigenvalue weighted by atomic mass is 9.86. The van der Waals surface area contributed by atoms with E-state index in [1.807, 2.05) is 23.4 Å². The number of aromatic nitrogens is 3. The minimum absolute atomic E-state index is 0.0690. The summed E-state index contributed by atoms with van der Waals surface area (Å²) in [5, 5.41) is 2.81. The molecule has 1 atom stereocenters. The molecule has 1 spiro atoms. The van der Waals surface area contributed by atoms with Gasteiger partial charge in [0, 0.05) is 36.9 Å². The molecule has 1 amide bonds. The third-order valence-electron chi connectivity index (χ3n) is 5.88. The highest BCUT2D eigenvalue weighted by atomic mass is 32.1. The molecule has 0 N–H and O–H groups in total. The highest BCUT2D eigenvalue weighted by Crippen LogP contribution is 2.42. The molecule has 27 heavy (non-hydrogen) atoms. The minimum atomic E-state index is 0.0690. The lowest BCUT2D eigenvalue weighted by molar-refractivity contribution is 0.0766. The Labute approximate surface area is 162 Å². The summed E-state index contributed by atoms with van der Waals surface area (Å²) in [7, 11) is 0. The van der Waals surface area contributed by atoms with Gasteiger partial charge in [-0.15, -0.1) is 11.3 Å². The van der Waals surface area contributed by atoms with E-state index in [-0.39, 0.29) is 11.3 Å². The summed E-state index contributed by atoms with van der Waals surface area (Å²) < 4.78 is 2.35. The maximum Gasteiger partial charge on any atom is 0.273 e. The van der Waals surface area contributed by atoms with E-state index >= 15 is 0 Å². The molecule has 138 valence electrons. The number of amides is 1. The molecular formula is C21H22N4OS. The zero-order valence-electron chi connectivity index (χ0n) is 15.6. The van der Waals surface area contributed by atoms with Crippen molar-refractivity contribution in [2.75, 3.05) is 13.1 Å². The maximum absolute atomic E-state index is 12.8. The number of thiazole rings is 1. The van der Waals surface area contributed by atoms with Gasteiger partial charge in [0.15, 0.2) is 0 Å². The molecule has 0 radical (unpaired) electrons. The van der Waals surface area contributed by atoms with Crippen LogP contribution < -0.4 is 0 Å². The highest BCUT2D eigenvalue weighted by molar-refractivity contribution is 7.09. The van der Waals surface area contributed by atoms with Crippen molar-refractivity contribution in [3.8, 4) is 11.3 Å². The monoisotopic (exact) mass is 378 g/mol. The number of carbonyl (C=O) groups excluding carboxylic acids is 1. The number of benzene rings is 1. The second-order valence-electron chi connectivity index (χ2n) is 7.92. The second kappa shape index (κ2) is 6.02. The summed E-state index contributed by atoms with van der Waals surface area (Å²) in [4.78, 5) is 23.8. The van der Waals surface area contributed by atoms with Crippen LogP contribution in [-0.2, 0) is 13.0 Å². The summed E-state index contributed by atoms with van der Waals surface area (Å²) in [6.45, 7) is 6.58. The molecule has 0 unspecified atom stereocenters. The summed E-state index contributed by atoms with van der Waals surface area (Å²) in [6, 6.07) is 8.62. The molecular weight excluding hydrogens is 356 g/mol. The van der Waals surface area contributed by atoms with Crippen LogP contribution in [0.5, 0.6) is 0 Å². The average molecular weight is 379 g/mol. The van der Waals surface area contributed by atoms with E-state index < -0.39 is 0 Å². The zero-order chi connectivity index (χ0) is 18.6. The van der Waals surface area contributed by atoms with Gasteiger partial charge in [0.2, 0.25) is 0 Å². The predicted octanol–water partition coefficient (Wildman–Crippen LogP) is 3.71. The Morgan fingerprint density at radius 1 is 1.19 bits per heavy atom. The van der Waals surface area contributed by atoms with Crippen LogP contribution in [-0.4, -0.2) is 38.4 Å². The number of hydrogen-bond donors (Lipinski definition) is 0. The van der Waals surface area contributed by atoms with Gasteiger partial charge in [0.05, 0.1) is 16.9 Å². The molecule has 2 aliphatic rings. The topological polar surface area (TPSA) is 51.0 Å². The molecule has 0 saturated carbocycles. The Balaban J connectivity index is 1.37. The fourth-order valence-corrected chi connectivity index (χ4v) is 5.01. The number of carbonyl (C=O) groups is 1. The van der Waals surface area contributed by atoms with Crippen molar-refractivity contribution >= 4 is 17.2 Å². The number of nitrogens with zero attached hydrogens (tertiary/aromatic N) is 4. The first-order valence-corrected chi connectivity index (χ1v) is 10.2. The summed E-state index contributed by atoms with van der Waals surface area (Å²) >= 11 is 1.53. The van der Waals surface area contributed by atoms with Crippen molar-refractivity contribution in [2.24, 2.45) is 5.41 Å². The molecule has 2 aliphatic heterocycles. The molecule has 3 aromatic rings. The predicted molar refractivity (Wildman–Crippen MR) is 106 cm³/mol. The van der Waals surface area contributed by atoms with E-state index in [0.717, 1.165) is 43.3 Å². The van der Waals surface area contributed by atoms with Crippen LogP contribution in [0.15, 0.2) is 35.8 Å². The van der Waals surface area contributed by atoms with Gasteiger partial charge in [-0.1, -0.05) is 29.8 Å². The molecule has 0 aliphatic carbocycles. The Bertz CT molecular complexity index is 1020. The molecule has 1 saturated heterocycles. The van der Waals surface area contributed by atoms with Gasteiger partial charge in [-0.25, -0.2) is 9.97 Å². The van der Waals surface area contributed by atoms with Gasteiger partial charge in [0.1, 0.15) is 11.5 Å². The number of aryl methyl sites for hydroxylation is 2. The van der Waals surface area contributed by atoms with Crippen LogP contribution in [0.25, 0.3) is 11.3 Å². The Kier molecular flexibility index (Phi) is 3.72. The summed E-state index contributed by atoms with van der Waals surface area (Å²) in [6.07, 6.45) is 3.96. The van der Waals surface area contributed by atoms with Crippen molar-refractivity contribution in [3.05, 3.63) is 57.9 Å². The molecule has 4 heterocycles. The third-order valence-corrected chi connectivity index (χ3v) is 6.65. The van der Waals surface area contributed by atoms with Gasteiger partial charge in [-0.2, -0.15) is 0 Å². The number of imidazole rings is 1. The van der Waals surface area contributed by atoms with Crippen molar-refractivity contribution in [1.29, 1.82) is 0 Å². The van der Waals surface area contributed by atoms with E-state index in [9.17, 15) is 4.79 Å². The summed E-state index contributed by atoms with van der Waals surface area (Å²) in [5.41, 5.74) is 4.36. The van der Waals surface area contributed by atoms with Crippen LogP contribution in [0.3, 0.4) is 0 Å². The zero-order valence-corrected chi connectivity index (χ0v) is 16.4. The number of rotatable bonds is 2. The SMILES string of the molecule is Cc1ccc(-c2cnc3n2C[C@]2(CCN(C(=O)c4csc(C)n4)C2)C3)cc1. The van der Waals surface area contributed by atoms with Crippen LogP contribution in [0.4, 0.5) is 0 Å². The fourth-order valence-electron chi connectivity index (χ4n) is 4.42. The van der Waals surface area contributed by atoms with Gasteiger partial charge >= 0.3 is 0 Å². The van der Waals surface area contributed by atoms with Crippen molar-refractivity contribution in [2.45, 2.75) is 33.2 Å². The maximum atomic E-state index is 12.8. The van der Waals surface area contributed by atoms with E-state index in [1.165, 1.54) is 28.2 Å². The summed E-state index contributed by atoms with van der Waals surface area (Å²) in [5.74, 6) is 1.21. The molecule has 5 nitrogen and oxygen atoms in total. The van der Waals surface area contributed by atoms with Crippen molar-refractivity contribution in [3.63, 3.8) is 0 Å². The van der Waals surface area contributed by atoms with Crippen molar-refractivity contribution in [1.82, 2.24) is 19.4 Å². The first-order chi connectivity index (χ1) is 13.0. The molecule has 5 rings (SSSR count). The van der Waals surface area contributed by atoms with E-state index in [2.05, 4.69) is 40.7 Å². The Morgan fingerprint density at radius 3 is 2.74 bits per heavy atom. The lowest BCUT2D eigenvalue weighted by Gasteiger charge is -2.23. The molecule has 6 heteroatoms. The first kappa shape index (κ1) is 16.7. The quantitative estimate of drug-likeness (QED) is 0.683. The minimum Gasteiger partial charge on any atom is -0.337 e. The largest absolute Gasteiger partial charge is 0.337 e. The van der Waals surface area contributed by atoms with Gasteiger partial charge in [0.25, 0.3) is 5.91 Å². The standard InChI is InChI=1S/C21H22N4OS/c1-14-3-5-16(6-4-14)18-10-22-19-9-21(13-25(18)19)7-8-24(12-21)20(26)17-11-27-15(2)23-17/h3-6,10-11H,7-9,12-13H2,1-2H3/t21-/m1/s1. The Hall–Kier alpha value is -2.47. The van der Waals surface area contributed by atoms with E-state index in [4.69, 9.17) is 4.98 Å². The van der Waals surface area contributed by atoms with Gasteiger partial charge in [-0.05, 0) is 25.8 Å². The first-order valence-electron chi connectivity index (χ1n) is 9.36. The lowest BCUT2D eigenvalue weighted by Crippen LogP contribution is -2.33. The third kappa shape index (κ3) is 2.79. The van der Waals surface area contributed by atoms with Crippen LogP contribution in [0.2, 0.25) is 0 Å². The van der Waals surface area contributed by atoms with Crippen molar-refractivity contribution < 1.29 is 4.79 Å². The van der Waals surface area contributed by atoms with Crippen LogP contribution in [0, 0.1) is 19.3 Å². The van der Waals surface area contributed by atoms with Gasteiger partial charge in [-0.3, -0.25) is 4.79 Å². The number of likely N-dealkylation sites (tertiary alicyclic amines) is 1. The van der Waals surface area contributed by atoms with E-state index in [1.54, 1.807) is 0 Å². The van der Waals surface area contributed by atoms with Crippen LogP contribution >= 0.6 is 11.3 Å². The highest BCUT2D eigenvalue weighted by Gasteiger charge is 2.46. The van der Waals surface area contributed by atoms with E-state index in [0.29, 0.717) is 5.69 Å².